The lowest BCUT2D eigenvalue weighted by Crippen LogP contribution is -2.97. The van der Waals surface area contributed by atoms with Gasteiger partial charge >= 0.3 is 0 Å². The summed E-state index contributed by atoms with van der Waals surface area (Å²) in [6.07, 6.45) is -0.240. The summed E-state index contributed by atoms with van der Waals surface area (Å²) in [6.45, 7) is 4.19. The van der Waals surface area contributed by atoms with Crippen molar-refractivity contribution < 1.29 is 14.8 Å². The monoisotopic (exact) mass is 282 g/mol. The van der Waals surface area contributed by atoms with Crippen molar-refractivity contribution in [1.29, 1.82) is 0 Å². The Bertz CT molecular complexity index is 637. The minimum Gasteiger partial charge on any atom is -0.478 e. The lowest BCUT2D eigenvalue weighted by Gasteiger charge is -2.32. The van der Waals surface area contributed by atoms with E-state index in [2.05, 4.69) is 19.2 Å². The first-order chi connectivity index (χ1) is 10.2. The lowest BCUT2D eigenvalue weighted by atomic mass is 9.91. The zero-order chi connectivity index (χ0) is 14.8. The quantitative estimate of drug-likeness (QED) is 0.939. The number of ether oxygens (including phenoxy) is 1. The van der Waals surface area contributed by atoms with Gasteiger partial charge < -0.3 is 10.1 Å². The second-order valence-corrected chi connectivity index (χ2v) is 5.77. The van der Waals surface area contributed by atoms with Crippen molar-refractivity contribution in [3.05, 3.63) is 65.7 Å². The summed E-state index contributed by atoms with van der Waals surface area (Å²) in [5.41, 5.74) is 1.73. The van der Waals surface area contributed by atoms with E-state index in [1.54, 1.807) is 0 Å². The third-order valence-electron chi connectivity index (χ3n) is 3.76. The smallest absolute Gasteiger partial charge is 0.227 e. The maximum atomic E-state index is 12.8. The van der Waals surface area contributed by atoms with Crippen LogP contribution in [0.3, 0.4) is 0 Å². The molecule has 0 unspecified atom stereocenters. The molecule has 1 heterocycles. The van der Waals surface area contributed by atoms with E-state index in [9.17, 15) is 4.79 Å². The maximum absolute atomic E-state index is 12.8. The SMILES string of the molecule is CC(C)[NH2+][C@@H]1C(=O)c2ccccc2O[C@H]1c1ccccc1. The van der Waals surface area contributed by atoms with Crippen LogP contribution < -0.4 is 10.1 Å². The van der Waals surface area contributed by atoms with Gasteiger partial charge in [-0.05, 0) is 31.5 Å². The molecule has 2 aromatic rings. The van der Waals surface area contributed by atoms with Crippen molar-refractivity contribution in [3.63, 3.8) is 0 Å². The van der Waals surface area contributed by atoms with Crippen LogP contribution in [-0.4, -0.2) is 17.9 Å². The molecular weight excluding hydrogens is 262 g/mol. The number of hydrogen-bond donors (Lipinski definition) is 1. The van der Waals surface area contributed by atoms with Crippen LogP contribution in [0.5, 0.6) is 5.75 Å². The first kappa shape index (κ1) is 13.8. The van der Waals surface area contributed by atoms with E-state index in [-0.39, 0.29) is 17.9 Å². The van der Waals surface area contributed by atoms with Gasteiger partial charge in [0.2, 0.25) is 5.78 Å². The predicted molar refractivity (Wildman–Crippen MR) is 81.4 cm³/mol. The Morgan fingerprint density at radius 2 is 1.67 bits per heavy atom. The van der Waals surface area contributed by atoms with Crippen LogP contribution in [-0.2, 0) is 0 Å². The summed E-state index contributed by atoms with van der Waals surface area (Å²) in [6, 6.07) is 17.6. The average Bonchev–Trinajstić information content (AvgIpc) is 2.50. The highest BCUT2D eigenvalue weighted by Crippen LogP contribution is 2.33. The fourth-order valence-electron chi connectivity index (χ4n) is 2.82. The lowest BCUT2D eigenvalue weighted by molar-refractivity contribution is -0.709. The summed E-state index contributed by atoms with van der Waals surface area (Å²) < 4.78 is 6.15. The van der Waals surface area contributed by atoms with Crippen molar-refractivity contribution in [1.82, 2.24) is 0 Å². The molecule has 2 atom stereocenters. The number of para-hydroxylation sites is 1. The number of benzene rings is 2. The number of nitrogens with two attached hydrogens (primary N) is 1. The fraction of sp³-hybridized carbons (Fsp3) is 0.278. The van der Waals surface area contributed by atoms with Gasteiger partial charge in [-0.1, -0.05) is 42.5 Å². The first-order valence-corrected chi connectivity index (χ1v) is 7.36. The fourth-order valence-corrected chi connectivity index (χ4v) is 2.82. The van der Waals surface area contributed by atoms with Crippen LogP contribution in [0, 0.1) is 0 Å². The van der Waals surface area contributed by atoms with Gasteiger partial charge in [0.25, 0.3) is 0 Å². The molecule has 2 aromatic carbocycles. The molecule has 0 radical (unpaired) electrons. The second kappa shape index (κ2) is 5.70. The third-order valence-corrected chi connectivity index (χ3v) is 3.76. The Balaban J connectivity index is 2.03. The minimum absolute atomic E-state index is 0.152. The predicted octanol–water partition coefficient (Wildman–Crippen LogP) is 2.34. The summed E-state index contributed by atoms with van der Waals surface area (Å²) in [7, 11) is 0. The van der Waals surface area contributed by atoms with Crippen LogP contribution in [0.2, 0.25) is 0 Å². The summed E-state index contributed by atoms with van der Waals surface area (Å²) in [5, 5.41) is 2.09. The zero-order valence-electron chi connectivity index (χ0n) is 12.3. The van der Waals surface area contributed by atoms with E-state index < -0.39 is 0 Å². The van der Waals surface area contributed by atoms with E-state index >= 15 is 0 Å². The van der Waals surface area contributed by atoms with Gasteiger partial charge in [-0.2, -0.15) is 0 Å². The molecule has 0 aromatic heterocycles. The summed E-state index contributed by atoms with van der Waals surface area (Å²) in [5.74, 6) is 0.837. The number of hydrogen-bond acceptors (Lipinski definition) is 2. The normalized spacial score (nSPS) is 21.0. The Morgan fingerprint density at radius 1 is 1.00 bits per heavy atom. The van der Waals surface area contributed by atoms with Crippen LogP contribution in [0.1, 0.15) is 35.9 Å². The molecule has 21 heavy (non-hydrogen) atoms. The van der Waals surface area contributed by atoms with Crippen molar-refractivity contribution in [3.8, 4) is 5.75 Å². The van der Waals surface area contributed by atoms with Crippen molar-refractivity contribution in [2.45, 2.75) is 32.0 Å². The Hall–Kier alpha value is -2.13. The molecule has 0 amide bonds. The van der Waals surface area contributed by atoms with Gasteiger partial charge in [0.15, 0.2) is 12.1 Å². The van der Waals surface area contributed by atoms with Crippen LogP contribution >= 0.6 is 0 Å². The molecule has 0 bridgehead atoms. The van der Waals surface area contributed by atoms with Crippen LogP contribution in [0.25, 0.3) is 0 Å². The van der Waals surface area contributed by atoms with E-state index in [1.165, 1.54) is 0 Å². The van der Waals surface area contributed by atoms with Crippen LogP contribution in [0.4, 0.5) is 0 Å². The molecule has 0 saturated heterocycles. The Kier molecular flexibility index (Phi) is 3.76. The number of rotatable bonds is 3. The van der Waals surface area contributed by atoms with E-state index in [4.69, 9.17) is 4.74 Å². The highest BCUT2D eigenvalue weighted by Gasteiger charge is 2.41. The van der Waals surface area contributed by atoms with E-state index in [0.29, 0.717) is 17.4 Å². The van der Waals surface area contributed by atoms with Gasteiger partial charge in [0.05, 0.1) is 11.6 Å². The third kappa shape index (κ3) is 2.69. The molecule has 0 aliphatic carbocycles. The molecule has 1 aliphatic heterocycles. The number of fused-ring (bicyclic) bond motifs is 1. The van der Waals surface area contributed by atoms with Crippen molar-refractivity contribution >= 4 is 5.78 Å². The van der Waals surface area contributed by atoms with Gasteiger partial charge in [-0.25, -0.2) is 0 Å². The summed E-state index contributed by atoms with van der Waals surface area (Å²) in [4.78, 5) is 12.8. The maximum Gasteiger partial charge on any atom is 0.227 e. The largest absolute Gasteiger partial charge is 0.478 e. The Morgan fingerprint density at radius 3 is 2.38 bits per heavy atom. The number of carbonyl (C=O) groups excluding carboxylic acids is 1. The van der Waals surface area contributed by atoms with Crippen LogP contribution in [0.15, 0.2) is 54.6 Å². The first-order valence-electron chi connectivity index (χ1n) is 7.36. The second-order valence-electron chi connectivity index (χ2n) is 5.77. The van der Waals surface area contributed by atoms with Gasteiger partial charge in [-0.3, -0.25) is 4.79 Å². The molecule has 108 valence electrons. The van der Waals surface area contributed by atoms with Gasteiger partial charge in [-0.15, -0.1) is 0 Å². The summed E-state index contributed by atoms with van der Waals surface area (Å²) >= 11 is 0. The minimum atomic E-state index is -0.240. The van der Waals surface area contributed by atoms with Crippen molar-refractivity contribution in [2.24, 2.45) is 0 Å². The molecular formula is C18H20NO2+. The molecule has 3 nitrogen and oxygen atoms in total. The number of Topliss-reactive ketones (excluding diaryl/α,β-unsaturated/α-hetero) is 1. The number of carbonyl (C=O) groups is 1. The highest BCUT2D eigenvalue weighted by atomic mass is 16.5. The molecule has 0 fully saturated rings. The molecule has 0 spiro atoms. The van der Waals surface area contributed by atoms with Gasteiger partial charge in [0, 0.05) is 0 Å². The zero-order valence-corrected chi connectivity index (χ0v) is 12.3. The van der Waals surface area contributed by atoms with Crippen molar-refractivity contribution in [2.75, 3.05) is 0 Å². The van der Waals surface area contributed by atoms with E-state index in [0.717, 1.165) is 5.56 Å². The number of ketones is 1. The number of quaternary nitrogens is 1. The standard InChI is InChI=1S/C18H19NO2/c1-12(2)19-16-17(20)14-10-6-7-11-15(14)21-18(16)13-8-4-3-5-9-13/h3-12,16,18-19H,1-2H3/p+1/t16-,18+/m1/s1. The molecule has 3 heteroatoms. The Labute approximate surface area is 124 Å². The average molecular weight is 282 g/mol. The molecule has 0 saturated carbocycles. The van der Waals surface area contributed by atoms with E-state index in [1.807, 2.05) is 54.6 Å². The molecule has 1 aliphatic rings. The van der Waals surface area contributed by atoms with Gasteiger partial charge in [0.1, 0.15) is 5.75 Å². The highest BCUT2D eigenvalue weighted by molar-refractivity contribution is 6.03. The molecule has 3 rings (SSSR count). The topological polar surface area (TPSA) is 42.9 Å². The molecule has 2 N–H and O–H groups in total.